The first-order chi connectivity index (χ1) is 18.6. The van der Waals surface area contributed by atoms with E-state index in [9.17, 15) is 9.18 Å². The summed E-state index contributed by atoms with van der Waals surface area (Å²) in [5, 5.41) is 1.92. The SMILES string of the molecule is C#Cc1c(F)ccc2cccc(-c3ncc4c(N5C[C@@H]6[C@H]5CCN6C(=O)OC(C)(C)C)c(Cl)cnc4c3F)c12. The van der Waals surface area contributed by atoms with Gasteiger partial charge >= 0.3 is 6.09 Å². The normalized spacial score (nSPS) is 18.7. The molecular formula is C30H25ClF2N4O2. The van der Waals surface area contributed by atoms with Gasteiger partial charge in [0.25, 0.3) is 0 Å². The Morgan fingerprint density at radius 2 is 1.95 bits per heavy atom. The Morgan fingerprint density at radius 3 is 2.69 bits per heavy atom. The first-order valence-corrected chi connectivity index (χ1v) is 13.0. The van der Waals surface area contributed by atoms with Crippen molar-refractivity contribution in [1.82, 2.24) is 14.9 Å². The van der Waals surface area contributed by atoms with Crippen LogP contribution in [0.2, 0.25) is 5.02 Å². The number of nitrogens with zero attached hydrogens (tertiary/aromatic N) is 4. The van der Waals surface area contributed by atoms with E-state index >= 15 is 4.39 Å². The van der Waals surface area contributed by atoms with E-state index in [1.54, 1.807) is 35.4 Å². The van der Waals surface area contributed by atoms with Crippen LogP contribution >= 0.6 is 11.6 Å². The fraction of sp³-hybridized carbons (Fsp3) is 0.300. The highest BCUT2D eigenvalue weighted by molar-refractivity contribution is 6.34. The molecule has 6 nitrogen and oxygen atoms in total. The zero-order valence-electron chi connectivity index (χ0n) is 21.6. The predicted octanol–water partition coefficient (Wildman–Crippen LogP) is 6.56. The Hall–Kier alpha value is -3.96. The maximum atomic E-state index is 16.1. The average molecular weight is 547 g/mol. The maximum Gasteiger partial charge on any atom is 0.410 e. The van der Waals surface area contributed by atoms with Crippen LogP contribution in [0.25, 0.3) is 32.9 Å². The van der Waals surface area contributed by atoms with Crippen molar-refractivity contribution >= 4 is 45.1 Å². The summed E-state index contributed by atoms with van der Waals surface area (Å²) in [6, 6.07) is 8.10. The minimum atomic E-state index is -0.649. The lowest BCUT2D eigenvalue weighted by molar-refractivity contribution is 0.0194. The number of likely N-dealkylation sites (tertiary alicyclic amines) is 1. The molecule has 0 spiro atoms. The summed E-state index contributed by atoms with van der Waals surface area (Å²) in [6.07, 6.45) is 8.98. The van der Waals surface area contributed by atoms with E-state index in [4.69, 9.17) is 22.8 Å². The molecular weight excluding hydrogens is 522 g/mol. The lowest BCUT2D eigenvalue weighted by atomic mass is 9.94. The minimum Gasteiger partial charge on any atom is -0.444 e. The molecule has 2 atom stereocenters. The number of ether oxygens (including phenoxy) is 1. The van der Waals surface area contributed by atoms with Crippen molar-refractivity contribution in [1.29, 1.82) is 0 Å². The highest BCUT2D eigenvalue weighted by Crippen LogP contribution is 2.44. The van der Waals surface area contributed by atoms with Crippen LogP contribution < -0.4 is 4.90 Å². The minimum absolute atomic E-state index is 0.0163. The molecule has 0 N–H and O–H groups in total. The van der Waals surface area contributed by atoms with E-state index in [0.717, 1.165) is 6.42 Å². The van der Waals surface area contributed by atoms with E-state index in [-0.39, 0.29) is 35.0 Å². The number of carbonyl (C=O) groups excluding carboxylic acids is 1. The van der Waals surface area contributed by atoms with Crippen molar-refractivity contribution < 1.29 is 18.3 Å². The first kappa shape index (κ1) is 25.3. The van der Waals surface area contributed by atoms with Gasteiger partial charge in [0, 0.05) is 41.8 Å². The smallest absolute Gasteiger partial charge is 0.410 e. The fourth-order valence-corrected chi connectivity index (χ4v) is 5.94. The van der Waals surface area contributed by atoms with Crippen molar-refractivity contribution in [2.75, 3.05) is 18.0 Å². The molecule has 0 aliphatic carbocycles. The molecule has 4 heterocycles. The van der Waals surface area contributed by atoms with Gasteiger partial charge in [-0.3, -0.25) is 9.97 Å². The largest absolute Gasteiger partial charge is 0.444 e. The molecule has 39 heavy (non-hydrogen) atoms. The lowest BCUT2D eigenvalue weighted by Crippen LogP contribution is -2.63. The van der Waals surface area contributed by atoms with Crippen LogP contribution in [-0.4, -0.2) is 51.7 Å². The number of terminal acetylenes is 1. The standard InChI is InChI=1S/C30H25ClF2N4O2/c1-5-17-21(32)10-9-16-7-6-8-18(24(16)17)26-25(33)27-19(13-34-26)28(20(31)14-35-27)37-15-23-22(37)11-12-36(23)29(38)39-30(2,3)4/h1,6-10,13-14,22-23H,11-12,15H2,2-4H3/t22-,23-/m1/s1. The second-order valence-corrected chi connectivity index (χ2v) is 11.3. The fourth-order valence-electron chi connectivity index (χ4n) is 5.68. The second kappa shape index (κ2) is 9.06. The van der Waals surface area contributed by atoms with Gasteiger partial charge in [0.15, 0.2) is 5.82 Å². The molecule has 6 rings (SSSR count). The third-order valence-electron chi connectivity index (χ3n) is 7.39. The number of anilines is 1. The number of aromatic nitrogens is 2. The van der Waals surface area contributed by atoms with Gasteiger partial charge in [0.1, 0.15) is 22.6 Å². The number of halogens is 3. The van der Waals surface area contributed by atoms with Crippen LogP contribution in [0.1, 0.15) is 32.8 Å². The predicted molar refractivity (Wildman–Crippen MR) is 148 cm³/mol. The number of fused-ring (bicyclic) bond motifs is 3. The summed E-state index contributed by atoms with van der Waals surface area (Å²) < 4.78 is 36.2. The Kier molecular flexibility index (Phi) is 5.88. The Labute approximate surface area is 229 Å². The molecule has 0 unspecified atom stereocenters. The first-order valence-electron chi connectivity index (χ1n) is 12.7. The number of carbonyl (C=O) groups is 1. The molecule has 198 valence electrons. The molecule has 2 aliphatic rings. The third-order valence-corrected chi connectivity index (χ3v) is 7.66. The average Bonchev–Trinajstić information content (AvgIpc) is 3.21. The van der Waals surface area contributed by atoms with E-state index in [2.05, 4.69) is 20.8 Å². The van der Waals surface area contributed by atoms with Crippen molar-refractivity contribution in [2.45, 2.75) is 44.9 Å². The number of hydrogen-bond donors (Lipinski definition) is 0. The maximum absolute atomic E-state index is 16.1. The number of amides is 1. The summed E-state index contributed by atoms with van der Waals surface area (Å²) in [4.78, 5) is 25.3. The highest BCUT2D eigenvalue weighted by Gasteiger charge is 2.50. The summed E-state index contributed by atoms with van der Waals surface area (Å²) in [5.41, 5.74) is 0.595. The van der Waals surface area contributed by atoms with Crippen molar-refractivity contribution in [2.24, 2.45) is 0 Å². The van der Waals surface area contributed by atoms with E-state index < -0.39 is 17.2 Å². The number of rotatable bonds is 2. The Balaban J connectivity index is 1.40. The number of benzene rings is 2. The molecule has 0 radical (unpaired) electrons. The van der Waals surface area contributed by atoms with Gasteiger partial charge in [-0.2, -0.15) is 0 Å². The molecule has 4 aromatic rings. The van der Waals surface area contributed by atoms with E-state index in [1.165, 1.54) is 12.3 Å². The zero-order valence-corrected chi connectivity index (χ0v) is 22.4. The molecule has 0 bridgehead atoms. The Morgan fingerprint density at radius 1 is 1.15 bits per heavy atom. The molecule has 1 amide bonds. The quantitative estimate of drug-likeness (QED) is 0.266. The molecule has 2 fully saturated rings. The molecule has 2 aliphatic heterocycles. The monoisotopic (exact) mass is 546 g/mol. The molecule has 2 aromatic heterocycles. The van der Waals surface area contributed by atoms with Gasteiger partial charge in [-0.25, -0.2) is 13.6 Å². The Bertz CT molecular complexity index is 1710. The summed E-state index contributed by atoms with van der Waals surface area (Å²) in [6.45, 7) is 6.61. The van der Waals surface area contributed by atoms with Gasteiger partial charge in [-0.15, -0.1) is 6.42 Å². The molecule has 0 saturated carbocycles. The van der Waals surface area contributed by atoms with Crippen LogP contribution in [0.5, 0.6) is 0 Å². The summed E-state index contributed by atoms with van der Waals surface area (Å²) >= 11 is 6.61. The number of pyridine rings is 2. The van der Waals surface area contributed by atoms with Gasteiger partial charge in [-0.05, 0) is 38.6 Å². The molecule has 2 aromatic carbocycles. The van der Waals surface area contributed by atoms with Gasteiger partial charge in [-0.1, -0.05) is 41.8 Å². The topological polar surface area (TPSA) is 58.6 Å². The zero-order chi connectivity index (χ0) is 27.6. The van der Waals surface area contributed by atoms with Crippen molar-refractivity contribution in [3.05, 3.63) is 64.9 Å². The molecule has 9 heteroatoms. The van der Waals surface area contributed by atoms with Crippen LogP contribution in [0.3, 0.4) is 0 Å². The van der Waals surface area contributed by atoms with Crippen LogP contribution in [0, 0.1) is 24.0 Å². The van der Waals surface area contributed by atoms with E-state index in [0.29, 0.717) is 45.5 Å². The van der Waals surface area contributed by atoms with Crippen molar-refractivity contribution in [3.63, 3.8) is 0 Å². The lowest BCUT2D eigenvalue weighted by Gasteiger charge is -2.48. The van der Waals surface area contributed by atoms with E-state index in [1.807, 2.05) is 20.8 Å². The molecule has 2 saturated heterocycles. The highest BCUT2D eigenvalue weighted by atomic mass is 35.5. The summed E-state index contributed by atoms with van der Waals surface area (Å²) in [7, 11) is 0. The van der Waals surface area contributed by atoms with Crippen LogP contribution in [0.4, 0.5) is 19.3 Å². The van der Waals surface area contributed by atoms with Gasteiger partial charge < -0.3 is 14.5 Å². The van der Waals surface area contributed by atoms with Crippen molar-refractivity contribution in [3.8, 4) is 23.6 Å². The third kappa shape index (κ3) is 4.04. The second-order valence-electron chi connectivity index (χ2n) is 10.9. The van der Waals surface area contributed by atoms with Gasteiger partial charge in [0.2, 0.25) is 0 Å². The summed E-state index contributed by atoms with van der Waals surface area (Å²) in [5.74, 6) is 1.19. The van der Waals surface area contributed by atoms with Gasteiger partial charge in [0.05, 0.1) is 28.4 Å². The number of hydrogen-bond acceptors (Lipinski definition) is 5. The van der Waals surface area contributed by atoms with Crippen LogP contribution in [0.15, 0.2) is 42.7 Å². The van der Waals surface area contributed by atoms with Crippen LogP contribution in [-0.2, 0) is 4.74 Å².